The maximum Gasteiger partial charge on any atom is 0.310 e. The van der Waals surface area contributed by atoms with E-state index in [0.717, 1.165) is 0 Å². The minimum absolute atomic E-state index is 0.0480. The number of nitrogens with two attached hydrogens (primary N) is 1. The molecular weight excluding hydrogens is 250 g/mol. The van der Waals surface area contributed by atoms with Gasteiger partial charge in [0.05, 0.1) is 4.92 Å². The molecule has 1 amide bonds. The Bertz CT molecular complexity index is 474. The highest BCUT2D eigenvalue weighted by atomic mass is 16.6. The van der Waals surface area contributed by atoms with Crippen LogP contribution in [0.2, 0.25) is 0 Å². The van der Waals surface area contributed by atoms with Gasteiger partial charge in [-0.25, -0.2) is 0 Å². The number of primary amides is 1. The van der Waals surface area contributed by atoms with E-state index in [1.54, 1.807) is 0 Å². The van der Waals surface area contributed by atoms with E-state index in [1.807, 2.05) is 13.8 Å². The Kier molecular flexibility index (Phi) is 5.25. The third-order valence-corrected chi connectivity index (χ3v) is 2.35. The van der Waals surface area contributed by atoms with E-state index < -0.39 is 10.8 Å². The largest absolute Gasteiger partial charge is 0.485 e. The van der Waals surface area contributed by atoms with E-state index in [2.05, 4.69) is 5.32 Å². The molecule has 19 heavy (non-hydrogen) atoms. The number of hydrogen-bond donors (Lipinski definition) is 2. The van der Waals surface area contributed by atoms with E-state index in [1.165, 1.54) is 18.2 Å². The summed E-state index contributed by atoms with van der Waals surface area (Å²) in [4.78, 5) is 21.3. The summed E-state index contributed by atoms with van der Waals surface area (Å²) in [6.45, 7) is 4.78. The SMILES string of the molecule is CC(C)NCCOc1cc(C(N)=O)ccc1[N+](=O)[O-]. The fourth-order valence-corrected chi connectivity index (χ4v) is 1.44. The molecule has 104 valence electrons. The lowest BCUT2D eigenvalue weighted by Gasteiger charge is -2.10. The minimum atomic E-state index is -0.653. The topological polar surface area (TPSA) is 107 Å². The second-order valence-electron chi connectivity index (χ2n) is 4.26. The monoisotopic (exact) mass is 267 g/mol. The molecule has 1 aromatic carbocycles. The number of nitro groups is 1. The van der Waals surface area contributed by atoms with Gasteiger partial charge in [0.15, 0.2) is 5.75 Å². The number of nitrogens with one attached hydrogen (secondary N) is 1. The van der Waals surface area contributed by atoms with Gasteiger partial charge < -0.3 is 15.8 Å². The first-order chi connectivity index (χ1) is 8.91. The van der Waals surface area contributed by atoms with Gasteiger partial charge in [-0.2, -0.15) is 0 Å². The number of rotatable bonds is 7. The van der Waals surface area contributed by atoms with Crippen LogP contribution in [-0.4, -0.2) is 30.0 Å². The van der Waals surface area contributed by atoms with Crippen LogP contribution in [0.25, 0.3) is 0 Å². The Balaban J connectivity index is 2.80. The number of benzene rings is 1. The first-order valence-electron chi connectivity index (χ1n) is 5.86. The summed E-state index contributed by atoms with van der Waals surface area (Å²) >= 11 is 0. The zero-order chi connectivity index (χ0) is 14.4. The Morgan fingerprint density at radius 2 is 2.21 bits per heavy atom. The van der Waals surface area contributed by atoms with E-state index in [9.17, 15) is 14.9 Å². The van der Waals surface area contributed by atoms with Crippen molar-refractivity contribution in [3.05, 3.63) is 33.9 Å². The molecule has 0 saturated carbocycles. The third kappa shape index (κ3) is 4.55. The van der Waals surface area contributed by atoms with E-state index >= 15 is 0 Å². The van der Waals surface area contributed by atoms with Crippen LogP contribution in [-0.2, 0) is 0 Å². The standard InChI is InChI=1S/C12H17N3O4/c1-8(2)14-5-6-19-11-7-9(12(13)16)3-4-10(11)15(17)18/h3-4,7-8,14H,5-6H2,1-2H3,(H2,13,16). The summed E-state index contributed by atoms with van der Waals surface area (Å²) < 4.78 is 5.33. The van der Waals surface area contributed by atoms with Crippen LogP contribution in [0.1, 0.15) is 24.2 Å². The molecule has 7 heteroatoms. The molecule has 0 aromatic heterocycles. The maximum atomic E-state index is 11.0. The molecule has 3 N–H and O–H groups in total. The number of nitrogens with zero attached hydrogens (tertiary/aromatic N) is 1. The lowest BCUT2D eigenvalue weighted by Crippen LogP contribution is -2.27. The second kappa shape index (κ2) is 6.69. The van der Waals surface area contributed by atoms with Gasteiger partial charge in [0.1, 0.15) is 6.61 Å². The molecule has 0 fully saturated rings. The van der Waals surface area contributed by atoms with Crippen molar-refractivity contribution in [1.29, 1.82) is 0 Å². The van der Waals surface area contributed by atoms with Gasteiger partial charge in [-0.3, -0.25) is 14.9 Å². The molecule has 0 aliphatic rings. The Morgan fingerprint density at radius 1 is 1.53 bits per heavy atom. The highest BCUT2D eigenvalue weighted by Crippen LogP contribution is 2.27. The average molecular weight is 267 g/mol. The number of ether oxygens (including phenoxy) is 1. The molecular formula is C12H17N3O4. The molecule has 0 atom stereocenters. The van der Waals surface area contributed by atoms with Gasteiger partial charge >= 0.3 is 5.69 Å². The van der Waals surface area contributed by atoms with Crippen LogP contribution in [0.15, 0.2) is 18.2 Å². The van der Waals surface area contributed by atoms with Gasteiger partial charge in [0.25, 0.3) is 0 Å². The molecule has 7 nitrogen and oxygen atoms in total. The fourth-order valence-electron chi connectivity index (χ4n) is 1.44. The van der Waals surface area contributed by atoms with Gasteiger partial charge in [0, 0.05) is 30.3 Å². The molecule has 0 spiro atoms. The van der Waals surface area contributed by atoms with Gasteiger partial charge in [-0.15, -0.1) is 0 Å². The van der Waals surface area contributed by atoms with Crippen LogP contribution in [0.3, 0.4) is 0 Å². The summed E-state index contributed by atoms with van der Waals surface area (Å²) in [7, 11) is 0. The Labute approximate surface area is 110 Å². The summed E-state index contributed by atoms with van der Waals surface area (Å²) in [5.74, 6) is -0.605. The van der Waals surface area contributed by atoms with Crippen molar-refractivity contribution in [1.82, 2.24) is 5.32 Å². The molecule has 0 bridgehead atoms. The summed E-state index contributed by atoms with van der Waals surface area (Å²) in [6, 6.07) is 4.11. The predicted octanol–water partition coefficient (Wildman–Crippen LogP) is 1.07. The second-order valence-corrected chi connectivity index (χ2v) is 4.26. The first kappa shape index (κ1) is 14.9. The van der Waals surface area contributed by atoms with Crippen LogP contribution >= 0.6 is 0 Å². The zero-order valence-electron chi connectivity index (χ0n) is 10.9. The van der Waals surface area contributed by atoms with Crippen molar-refractivity contribution in [3.8, 4) is 5.75 Å². The van der Waals surface area contributed by atoms with Crippen LogP contribution in [0.5, 0.6) is 5.75 Å². The number of amides is 1. The van der Waals surface area contributed by atoms with Crippen LogP contribution in [0, 0.1) is 10.1 Å². The molecule has 1 rings (SSSR count). The molecule has 1 aromatic rings. The van der Waals surface area contributed by atoms with Crippen LogP contribution in [0.4, 0.5) is 5.69 Å². The van der Waals surface area contributed by atoms with Gasteiger partial charge in [-0.1, -0.05) is 13.8 Å². The molecule has 0 unspecified atom stereocenters. The van der Waals surface area contributed by atoms with Crippen molar-refractivity contribution in [3.63, 3.8) is 0 Å². The summed E-state index contributed by atoms with van der Waals surface area (Å²) in [5, 5.41) is 14.0. The summed E-state index contributed by atoms with van der Waals surface area (Å²) in [5.41, 5.74) is 5.12. The predicted molar refractivity (Wildman–Crippen MR) is 70.2 cm³/mol. The average Bonchev–Trinajstić information content (AvgIpc) is 2.33. The number of nitro benzene ring substituents is 1. The molecule has 0 heterocycles. The lowest BCUT2D eigenvalue weighted by molar-refractivity contribution is -0.385. The van der Waals surface area contributed by atoms with Crippen molar-refractivity contribution < 1.29 is 14.5 Å². The molecule has 0 saturated heterocycles. The molecule has 0 aliphatic carbocycles. The van der Waals surface area contributed by atoms with Crippen molar-refractivity contribution in [2.75, 3.05) is 13.2 Å². The van der Waals surface area contributed by atoms with E-state index in [4.69, 9.17) is 10.5 Å². The van der Waals surface area contributed by atoms with Crippen LogP contribution < -0.4 is 15.8 Å². The van der Waals surface area contributed by atoms with Crippen molar-refractivity contribution in [2.45, 2.75) is 19.9 Å². The van der Waals surface area contributed by atoms with Gasteiger partial charge in [0.2, 0.25) is 5.91 Å². The Hall–Kier alpha value is -2.15. The lowest BCUT2D eigenvalue weighted by atomic mass is 10.2. The number of hydrogen-bond acceptors (Lipinski definition) is 5. The van der Waals surface area contributed by atoms with Crippen molar-refractivity contribution >= 4 is 11.6 Å². The Morgan fingerprint density at radius 3 is 2.74 bits per heavy atom. The smallest absolute Gasteiger partial charge is 0.310 e. The normalized spacial score (nSPS) is 10.5. The zero-order valence-corrected chi connectivity index (χ0v) is 10.9. The van der Waals surface area contributed by atoms with Gasteiger partial charge in [-0.05, 0) is 6.07 Å². The quantitative estimate of drug-likeness (QED) is 0.436. The van der Waals surface area contributed by atoms with E-state index in [0.29, 0.717) is 12.6 Å². The third-order valence-electron chi connectivity index (χ3n) is 2.35. The van der Waals surface area contributed by atoms with E-state index in [-0.39, 0.29) is 23.6 Å². The molecule has 0 radical (unpaired) electrons. The van der Waals surface area contributed by atoms with Crippen molar-refractivity contribution in [2.24, 2.45) is 5.73 Å². The fraction of sp³-hybridized carbons (Fsp3) is 0.417. The number of carbonyl (C=O) groups excluding carboxylic acids is 1. The molecule has 0 aliphatic heterocycles. The highest BCUT2D eigenvalue weighted by molar-refractivity contribution is 5.93. The number of carbonyl (C=O) groups is 1. The maximum absolute atomic E-state index is 11.0. The first-order valence-corrected chi connectivity index (χ1v) is 5.86. The highest BCUT2D eigenvalue weighted by Gasteiger charge is 2.17. The summed E-state index contributed by atoms with van der Waals surface area (Å²) in [6.07, 6.45) is 0. The minimum Gasteiger partial charge on any atom is -0.485 e.